The molecule has 1 saturated carbocycles. The van der Waals surface area contributed by atoms with Gasteiger partial charge in [0.15, 0.2) is 17.2 Å². The van der Waals surface area contributed by atoms with Gasteiger partial charge in [-0.3, -0.25) is 4.57 Å². The highest BCUT2D eigenvalue weighted by atomic mass is 31.2. The van der Waals surface area contributed by atoms with Crippen LogP contribution < -0.4 is 5.32 Å². The Morgan fingerprint density at radius 2 is 1.97 bits per heavy atom. The second kappa shape index (κ2) is 10.7. The second-order valence-electron chi connectivity index (χ2n) is 9.04. The third kappa shape index (κ3) is 5.26. The molecule has 0 amide bonds. The largest absolute Gasteiger partial charge is 0.393 e. The lowest BCUT2D eigenvalue weighted by Crippen LogP contribution is -2.39. The van der Waals surface area contributed by atoms with Gasteiger partial charge in [0, 0.05) is 6.04 Å². The van der Waals surface area contributed by atoms with E-state index in [1.165, 1.54) is 10.9 Å². The highest BCUT2D eigenvalue weighted by Gasteiger charge is 2.48. The summed E-state index contributed by atoms with van der Waals surface area (Å²) in [6.45, 7) is -0.839. The standard InChI is InChI=1S/C21H30N5O9P/c1-21(11-28,36(31,32)33)34-10-14-16(29)17(30)20(35-14)26-19-13(9-22-26)18(23-12-5-2-3-6-12)24-15(25-19)7-4-8-27/h9,12,14,16-17,20,27-30H,2-3,5-6,8,10-11H2,1H3,(H,23,24,25)(H2,31,32,33)/t14-,16-,17-,20+,21?/m1/s1. The van der Waals surface area contributed by atoms with Gasteiger partial charge in [-0.25, -0.2) is 14.6 Å². The summed E-state index contributed by atoms with van der Waals surface area (Å²) in [7, 11) is -4.85. The summed E-state index contributed by atoms with van der Waals surface area (Å²) >= 11 is 0. The van der Waals surface area contributed by atoms with Crippen LogP contribution in [0.3, 0.4) is 0 Å². The first-order chi connectivity index (χ1) is 17.1. The number of hydrogen-bond donors (Lipinski definition) is 7. The molecular formula is C21H30N5O9P. The van der Waals surface area contributed by atoms with Crippen molar-refractivity contribution in [2.75, 3.05) is 25.1 Å². The summed E-state index contributed by atoms with van der Waals surface area (Å²) < 4.78 is 24.0. The Labute approximate surface area is 206 Å². The zero-order valence-electron chi connectivity index (χ0n) is 19.6. The van der Waals surface area contributed by atoms with Crippen molar-refractivity contribution in [2.45, 2.75) is 68.5 Å². The molecule has 4 rings (SSSR count). The molecule has 1 aliphatic heterocycles. The molecule has 1 unspecified atom stereocenters. The molecule has 14 nitrogen and oxygen atoms in total. The molecule has 7 N–H and O–H groups in total. The van der Waals surface area contributed by atoms with Crippen molar-refractivity contribution in [3.63, 3.8) is 0 Å². The van der Waals surface area contributed by atoms with Crippen molar-refractivity contribution in [2.24, 2.45) is 0 Å². The molecule has 1 aliphatic carbocycles. The monoisotopic (exact) mass is 527 g/mol. The van der Waals surface area contributed by atoms with Gasteiger partial charge < -0.3 is 45.0 Å². The van der Waals surface area contributed by atoms with Crippen LogP contribution in [0.15, 0.2) is 6.20 Å². The Morgan fingerprint density at radius 3 is 2.61 bits per heavy atom. The number of rotatable bonds is 8. The highest BCUT2D eigenvalue weighted by molar-refractivity contribution is 7.53. The van der Waals surface area contributed by atoms with Crippen LogP contribution in [0.25, 0.3) is 11.0 Å². The smallest absolute Gasteiger partial charge is 0.359 e. The van der Waals surface area contributed by atoms with Crippen molar-refractivity contribution < 1.29 is 44.3 Å². The van der Waals surface area contributed by atoms with Crippen LogP contribution in [0.1, 0.15) is 44.7 Å². The number of hydrogen-bond acceptors (Lipinski definition) is 11. The molecule has 198 valence electrons. The van der Waals surface area contributed by atoms with Gasteiger partial charge in [-0.2, -0.15) is 5.10 Å². The van der Waals surface area contributed by atoms with Crippen molar-refractivity contribution in [3.8, 4) is 11.8 Å². The van der Waals surface area contributed by atoms with Crippen molar-refractivity contribution in [1.82, 2.24) is 19.7 Å². The highest BCUT2D eigenvalue weighted by Crippen LogP contribution is 2.51. The molecule has 0 spiro atoms. The zero-order valence-corrected chi connectivity index (χ0v) is 20.5. The van der Waals surface area contributed by atoms with Gasteiger partial charge in [-0.05, 0) is 25.7 Å². The number of anilines is 1. The fourth-order valence-corrected chi connectivity index (χ4v) is 4.64. The Hall–Kier alpha value is -2.18. The minimum Gasteiger partial charge on any atom is -0.393 e. The molecule has 3 heterocycles. The van der Waals surface area contributed by atoms with E-state index >= 15 is 0 Å². The first-order valence-corrected chi connectivity index (χ1v) is 13.1. The van der Waals surface area contributed by atoms with E-state index in [4.69, 9.17) is 14.6 Å². The molecule has 5 atom stereocenters. The molecule has 2 aromatic heterocycles. The van der Waals surface area contributed by atoms with Gasteiger partial charge >= 0.3 is 7.60 Å². The maximum atomic E-state index is 11.7. The number of aromatic nitrogens is 4. The number of nitrogens with one attached hydrogen (secondary N) is 1. The molecule has 36 heavy (non-hydrogen) atoms. The van der Waals surface area contributed by atoms with E-state index in [1.54, 1.807) is 0 Å². The molecular weight excluding hydrogens is 497 g/mol. The summed E-state index contributed by atoms with van der Waals surface area (Å²) in [5.74, 6) is 5.79. The number of aliphatic hydroxyl groups excluding tert-OH is 4. The van der Waals surface area contributed by atoms with Crippen molar-refractivity contribution >= 4 is 24.4 Å². The molecule has 15 heteroatoms. The molecule has 2 aliphatic rings. The maximum absolute atomic E-state index is 11.7. The van der Waals surface area contributed by atoms with Crippen LogP contribution in [-0.2, 0) is 14.0 Å². The Bertz CT molecular complexity index is 1190. The van der Waals surface area contributed by atoms with Crippen LogP contribution in [0.4, 0.5) is 5.82 Å². The second-order valence-corrected chi connectivity index (χ2v) is 11.1. The normalized spacial score (nSPS) is 26.6. The topological polar surface area (TPSA) is 213 Å². The molecule has 0 radical (unpaired) electrons. The summed E-state index contributed by atoms with van der Waals surface area (Å²) in [5.41, 5.74) is 0.265. The van der Waals surface area contributed by atoms with Crippen LogP contribution >= 0.6 is 7.60 Å². The Morgan fingerprint density at radius 1 is 1.25 bits per heavy atom. The minimum atomic E-state index is -4.85. The van der Waals surface area contributed by atoms with E-state index in [9.17, 15) is 29.7 Å². The number of nitrogens with zero attached hydrogens (tertiary/aromatic N) is 4. The summed E-state index contributed by atoms with van der Waals surface area (Å²) in [5, 5.41) is 45.7. The molecule has 2 fully saturated rings. The van der Waals surface area contributed by atoms with E-state index < -0.39 is 50.7 Å². The number of aliphatic hydroxyl groups is 4. The van der Waals surface area contributed by atoms with Crippen LogP contribution in [-0.4, -0.2) is 99.5 Å². The van der Waals surface area contributed by atoms with Gasteiger partial charge in [0.05, 0.1) is 24.8 Å². The van der Waals surface area contributed by atoms with Gasteiger partial charge in [-0.1, -0.05) is 18.8 Å². The summed E-state index contributed by atoms with van der Waals surface area (Å²) in [4.78, 5) is 27.8. The predicted molar refractivity (Wildman–Crippen MR) is 125 cm³/mol. The van der Waals surface area contributed by atoms with E-state index in [-0.39, 0.29) is 24.1 Å². The van der Waals surface area contributed by atoms with Crippen LogP contribution in [0, 0.1) is 11.8 Å². The van der Waals surface area contributed by atoms with Gasteiger partial charge in [-0.15, -0.1) is 0 Å². The fourth-order valence-electron chi connectivity index (χ4n) is 4.21. The molecule has 1 saturated heterocycles. The molecule has 2 aromatic rings. The van der Waals surface area contributed by atoms with Gasteiger partial charge in [0.25, 0.3) is 0 Å². The molecule has 0 bridgehead atoms. The lowest BCUT2D eigenvalue weighted by atomic mass is 10.1. The number of ether oxygens (including phenoxy) is 2. The lowest BCUT2D eigenvalue weighted by Gasteiger charge is -2.29. The lowest BCUT2D eigenvalue weighted by molar-refractivity contribution is -0.104. The van der Waals surface area contributed by atoms with Gasteiger partial charge in [0.2, 0.25) is 5.82 Å². The minimum absolute atomic E-state index is 0.118. The van der Waals surface area contributed by atoms with Crippen LogP contribution in [0.2, 0.25) is 0 Å². The molecule has 0 aromatic carbocycles. The Kier molecular flexibility index (Phi) is 7.96. The fraction of sp³-hybridized carbons (Fsp3) is 0.667. The van der Waals surface area contributed by atoms with E-state index in [2.05, 4.69) is 32.2 Å². The van der Waals surface area contributed by atoms with Gasteiger partial charge in [0.1, 0.15) is 30.7 Å². The predicted octanol–water partition coefficient (Wildman–Crippen LogP) is -0.953. The third-order valence-electron chi connectivity index (χ3n) is 6.48. The first-order valence-electron chi connectivity index (χ1n) is 11.5. The average Bonchev–Trinajstić information content (AvgIpc) is 3.56. The van der Waals surface area contributed by atoms with Crippen LogP contribution in [0.5, 0.6) is 0 Å². The first kappa shape index (κ1) is 26.9. The van der Waals surface area contributed by atoms with E-state index in [0.717, 1.165) is 32.6 Å². The Balaban J connectivity index is 1.62. The number of fused-ring (bicyclic) bond motifs is 1. The van der Waals surface area contributed by atoms with E-state index in [1.807, 2.05) is 0 Å². The SMILES string of the molecule is CC(CO)(OC[C@H]1O[C@H](n2ncc3c(NC4CCCC4)nc(C#CCO)nc32)[C@H](O)[C@@H]1O)P(=O)(O)O. The summed E-state index contributed by atoms with van der Waals surface area (Å²) in [6, 6.07) is 0.219. The van der Waals surface area contributed by atoms with E-state index in [0.29, 0.717) is 11.2 Å². The maximum Gasteiger partial charge on any atom is 0.359 e. The average molecular weight is 527 g/mol. The quantitative estimate of drug-likeness (QED) is 0.163. The van der Waals surface area contributed by atoms with Crippen molar-refractivity contribution in [1.29, 1.82) is 0 Å². The van der Waals surface area contributed by atoms with Crippen molar-refractivity contribution in [3.05, 3.63) is 12.0 Å². The summed E-state index contributed by atoms with van der Waals surface area (Å²) in [6.07, 6.45) is 0.299. The zero-order chi connectivity index (χ0) is 26.1. The third-order valence-corrected chi connectivity index (χ3v) is 7.98.